The van der Waals surface area contributed by atoms with E-state index >= 15 is 0 Å². The van der Waals surface area contributed by atoms with E-state index in [4.69, 9.17) is 9.52 Å². The summed E-state index contributed by atoms with van der Waals surface area (Å²) in [5, 5.41) is 8.74. The molecule has 0 amide bonds. The lowest BCUT2D eigenvalue weighted by Gasteiger charge is -1.92. The van der Waals surface area contributed by atoms with Crippen LogP contribution in [0.1, 0.15) is 18.6 Å². The van der Waals surface area contributed by atoms with E-state index < -0.39 is 0 Å². The van der Waals surface area contributed by atoms with Gasteiger partial charge in [-0.2, -0.15) is 0 Å². The second-order valence-corrected chi connectivity index (χ2v) is 2.40. The van der Waals surface area contributed by atoms with Gasteiger partial charge in [0.1, 0.15) is 18.1 Å². The van der Waals surface area contributed by atoms with Crippen LogP contribution in [0.5, 0.6) is 0 Å². The molecule has 0 aliphatic heterocycles. The van der Waals surface area contributed by atoms with Crippen LogP contribution in [0, 0.1) is 0 Å². The van der Waals surface area contributed by atoms with Crippen molar-refractivity contribution in [1.82, 2.24) is 4.98 Å². The fraction of sp³-hybridized carbons (Fsp3) is 0.333. The number of allylic oxidation sites excluding steroid dienone is 2. The molecule has 0 fully saturated rings. The molecule has 0 atom stereocenters. The topological polar surface area (TPSA) is 58.6 Å². The lowest BCUT2D eigenvalue weighted by atomic mass is 10.3. The van der Waals surface area contributed by atoms with Gasteiger partial charge in [-0.15, -0.1) is 0 Å². The molecule has 0 spiro atoms. The first kappa shape index (κ1) is 9.67. The standard InChI is InChI=1S/C9H12N2O2/c1-3-4-8(10-2)9-11-5-7(6-12)13-9/h3-5,12H,6H2,1-2H3/b4-3-,10-8+. The predicted molar refractivity (Wildman–Crippen MR) is 49.7 cm³/mol. The Kier molecular flexibility index (Phi) is 3.40. The molecule has 4 heteroatoms. The van der Waals surface area contributed by atoms with E-state index in [2.05, 4.69) is 9.98 Å². The summed E-state index contributed by atoms with van der Waals surface area (Å²) in [5.41, 5.74) is 0.669. The van der Waals surface area contributed by atoms with Crippen LogP contribution in [-0.4, -0.2) is 22.8 Å². The van der Waals surface area contributed by atoms with Gasteiger partial charge in [0.25, 0.3) is 0 Å². The number of aliphatic imine (C=N–C) groups is 1. The molecule has 1 heterocycles. The largest absolute Gasteiger partial charge is 0.437 e. The average Bonchev–Trinajstić information content (AvgIpc) is 2.62. The number of rotatable bonds is 3. The highest BCUT2D eigenvalue weighted by Crippen LogP contribution is 2.05. The fourth-order valence-electron chi connectivity index (χ4n) is 0.898. The minimum absolute atomic E-state index is 0.139. The predicted octanol–water partition coefficient (Wildman–Crippen LogP) is 1.16. The number of aliphatic hydroxyl groups excluding tert-OH is 1. The van der Waals surface area contributed by atoms with Crippen LogP contribution in [-0.2, 0) is 6.61 Å². The minimum atomic E-state index is -0.139. The summed E-state index contributed by atoms with van der Waals surface area (Å²) >= 11 is 0. The molecule has 0 saturated heterocycles. The summed E-state index contributed by atoms with van der Waals surface area (Å²) in [6.07, 6.45) is 5.14. The molecular formula is C9H12N2O2. The highest BCUT2D eigenvalue weighted by atomic mass is 16.4. The van der Waals surface area contributed by atoms with Crippen LogP contribution in [0.3, 0.4) is 0 Å². The molecule has 0 aromatic carbocycles. The minimum Gasteiger partial charge on any atom is -0.437 e. The first-order chi connectivity index (χ1) is 6.31. The van der Waals surface area contributed by atoms with Gasteiger partial charge in [-0.25, -0.2) is 4.98 Å². The van der Waals surface area contributed by atoms with Crippen molar-refractivity contribution in [2.45, 2.75) is 13.5 Å². The van der Waals surface area contributed by atoms with E-state index in [0.29, 0.717) is 17.4 Å². The Morgan fingerprint density at radius 1 is 1.77 bits per heavy atom. The van der Waals surface area contributed by atoms with Crippen molar-refractivity contribution in [3.63, 3.8) is 0 Å². The van der Waals surface area contributed by atoms with Crippen molar-refractivity contribution >= 4 is 5.71 Å². The second kappa shape index (κ2) is 4.57. The third-order valence-corrected chi connectivity index (χ3v) is 1.49. The Balaban J connectivity index is 2.92. The molecule has 1 rings (SSSR count). The summed E-state index contributed by atoms with van der Waals surface area (Å²) in [5.74, 6) is 0.880. The SMILES string of the molecule is C/C=C\C(=N/C)c1ncc(CO)o1. The molecule has 0 radical (unpaired) electrons. The van der Waals surface area contributed by atoms with Crippen LogP contribution in [0.25, 0.3) is 0 Å². The summed E-state index contributed by atoms with van der Waals surface area (Å²) in [4.78, 5) is 7.96. The Bertz CT molecular complexity index is 326. The van der Waals surface area contributed by atoms with E-state index in [1.165, 1.54) is 6.20 Å². The molecule has 70 valence electrons. The van der Waals surface area contributed by atoms with E-state index in [0.717, 1.165) is 0 Å². The maximum atomic E-state index is 8.74. The normalized spacial score (nSPS) is 12.7. The molecule has 1 N–H and O–H groups in total. The second-order valence-electron chi connectivity index (χ2n) is 2.40. The van der Waals surface area contributed by atoms with Gasteiger partial charge in [0.15, 0.2) is 0 Å². The maximum absolute atomic E-state index is 8.74. The molecule has 0 saturated carbocycles. The third kappa shape index (κ3) is 2.26. The van der Waals surface area contributed by atoms with Crippen molar-refractivity contribution in [2.75, 3.05) is 7.05 Å². The number of oxazole rings is 1. The lowest BCUT2D eigenvalue weighted by Crippen LogP contribution is -1.95. The Hall–Kier alpha value is -1.42. The van der Waals surface area contributed by atoms with E-state index in [-0.39, 0.29) is 6.61 Å². The number of hydrogen-bond donors (Lipinski definition) is 1. The Labute approximate surface area is 76.6 Å². The summed E-state index contributed by atoms with van der Waals surface area (Å²) < 4.78 is 5.20. The average molecular weight is 180 g/mol. The zero-order chi connectivity index (χ0) is 9.68. The molecule has 0 unspecified atom stereocenters. The van der Waals surface area contributed by atoms with Gasteiger partial charge in [0, 0.05) is 7.05 Å². The smallest absolute Gasteiger partial charge is 0.244 e. The molecule has 1 aromatic heterocycles. The molecule has 0 bridgehead atoms. The van der Waals surface area contributed by atoms with Gasteiger partial charge in [-0.1, -0.05) is 6.08 Å². The molecular weight excluding hydrogens is 168 g/mol. The highest BCUT2D eigenvalue weighted by molar-refractivity contribution is 6.05. The van der Waals surface area contributed by atoms with Crippen molar-refractivity contribution < 1.29 is 9.52 Å². The number of hydrogen-bond acceptors (Lipinski definition) is 4. The number of aliphatic hydroxyl groups is 1. The molecule has 0 aliphatic carbocycles. The van der Waals surface area contributed by atoms with Crippen LogP contribution in [0.4, 0.5) is 0 Å². The zero-order valence-corrected chi connectivity index (χ0v) is 7.69. The van der Waals surface area contributed by atoms with Gasteiger partial charge in [0.2, 0.25) is 5.89 Å². The lowest BCUT2D eigenvalue weighted by molar-refractivity contribution is 0.246. The van der Waals surface area contributed by atoms with Gasteiger partial charge in [0.05, 0.1) is 6.20 Å². The van der Waals surface area contributed by atoms with Gasteiger partial charge in [-0.05, 0) is 13.0 Å². The van der Waals surface area contributed by atoms with Gasteiger partial charge < -0.3 is 9.52 Å². The number of aromatic nitrogens is 1. The Morgan fingerprint density at radius 2 is 2.54 bits per heavy atom. The summed E-state index contributed by atoms with van der Waals surface area (Å²) in [6.45, 7) is 1.75. The van der Waals surface area contributed by atoms with Gasteiger partial charge in [-0.3, -0.25) is 4.99 Å². The highest BCUT2D eigenvalue weighted by Gasteiger charge is 2.06. The first-order valence-corrected chi connectivity index (χ1v) is 3.97. The van der Waals surface area contributed by atoms with Crippen LogP contribution in [0.15, 0.2) is 27.8 Å². The van der Waals surface area contributed by atoms with Crippen molar-refractivity contribution in [3.8, 4) is 0 Å². The fourth-order valence-corrected chi connectivity index (χ4v) is 0.898. The van der Waals surface area contributed by atoms with E-state index in [1.54, 1.807) is 13.1 Å². The number of nitrogens with zero attached hydrogens (tertiary/aromatic N) is 2. The summed E-state index contributed by atoms with van der Waals surface area (Å²) in [7, 11) is 1.66. The quantitative estimate of drug-likeness (QED) is 0.710. The zero-order valence-electron chi connectivity index (χ0n) is 7.69. The molecule has 13 heavy (non-hydrogen) atoms. The van der Waals surface area contributed by atoms with E-state index in [1.807, 2.05) is 13.0 Å². The molecule has 0 aliphatic rings. The maximum Gasteiger partial charge on any atom is 0.244 e. The van der Waals surface area contributed by atoms with Crippen molar-refractivity contribution in [2.24, 2.45) is 4.99 Å². The molecule has 4 nitrogen and oxygen atoms in total. The summed E-state index contributed by atoms with van der Waals surface area (Å²) in [6, 6.07) is 0. The van der Waals surface area contributed by atoms with Gasteiger partial charge >= 0.3 is 0 Å². The monoisotopic (exact) mass is 180 g/mol. The van der Waals surface area contributed by atoms with Crippen LogP contribution < -0.4 is 0 Å². The van der Waals surface area contributed by atoms with E-state index in [9.17, 15) is 0 Å². The van der Waals surface area contributed by atoms with Crippen molar-refractivity contribution in [1.29, 1.82) is 0 Å². The van der Waals surface area contributed by atoms with Crippen LogP contribution >= 0.6 is 0 Å². The first-order valence-electron chi connectivity index (χ1n) is 3.97. The Morgan fingerprint density at radius 3 is 3.00 bits per heavy atom. The third-order valence-electron chi connectivity index (χ3n) is 1.49. The molecule has 1 aromatic rings. The van der Waals surface area contributed by atoms with Crippen LogP contribution in [0.2, 0.25) is 0 Å². The van der Waals surface area contributed by atoms with Crippen molar-refractivity contribution in [3.05, 3.63) is 30.0 Å².